The first-order chi connectivity index (χ1) is 32.5. The van der Waals surface area contributed by atoms with E-state index in [2.05, 4.69) is 62.5 Å². The molecule has 10 heteroatoms. The van der Waals surface area contributed by atoms with Crippen molar-refractivity contribution in [1.29, 1.82) is 0 Å². The smallest absolute Gasteiger partial charge is 0.462 e. The van der Waals surface area contributed by atoms with Gasteiger partial charge in [-0.05, 0) is 51.4 Å². The molecule has 0 radical (unpaired) electrons. The van der Waals surface area contributed by atoms with Crippen LogP contribution in [-0.4, -0.2) is 74.9 Å². The number of hydrogen-bond donors (Lipinski definition) is 1. The summed E-state index contributed by atoms with van der Waals surface area (Å²) in [5.74, 6) is -0.817. The number of hydrogen-bond acceptors (Lipinski definition) is 7. The third-order valence-corrected chi connectivity index (χ3v) is 13.1. The molecule has 0 saturated heterocycles. The number of allylic oxidation sites excluding steroid dienone is 8. The van der Waals surface area contributed by atoms with Gasteiger partial charge in [-0.25, -0.2) is 4.57 Å². The van der Waals surface area contributed by atoms with Crippen molar-refractivity contribution in [2.45, 2.75) is 258 Å². The Balaban J connectivity index is 4.14. The van der Waals surface area contributed by atoms with Gasteiger partial charge in [0.05, 0.1) is 27.7 Å². The van der Waals surface area contributed by atoms with Crippen LogP contribution in [0.3, 0.4) is 0 Å². The first kappa shape index (κ1) is 65.0. The Hall–Kier alpha value is -2.03. The zero-order valence-electron chi connectivity index (χ0n) is 44.4. The van der Waals surface area contributed by atoms with Crippen molar-refractivity contribution in [3.8, 4) is 0 Å². The van der Waals surface area contributed by atoms with Crippen LogP contribution >= 0.6 is 7.82 Å². The van der Waals surface area contributed by atoms with E-state index < -0.39 is 26.5 Å². The number of phosphoric acid groups is 1. The molecule has 0 spiro atoms. The zero-order valence-corrected chi connectivity index (χ0v) is 45.3. The Kier molecular flexibility index (Phi) is 47.5. The van der Waals surface area contributed by atoms with E-state index in [-0.39, 0.29) is 32.0 Å². The van der Waals surface area contributed by atoms with Gasteiger partial charge in [-0.1, -0.05) is 236 Å². The maximum Gasteiger partial charge on any atom is 0.472 e. The molecule has 67 heavy (non-hydrogen) atoms. The van der Waals surface area contributed by atoms with Gasteiger partial charge in [0, 0.05) is 12.8 Å². The minimum Gasteiger partial charge on any atom is -0.462 e. The van der Waals surface area contributed by atoms with E-state index in [9.17, 15) is 19.0 Å². The number of carbonyl (C=O) groups excluding carboxylic acids is 2. The Labute approximate surface area is 414 Å². The molecule has 0 aromatic carbocycles. The van der Waals surface area contributed by atoms with Gasteiger partial charge in [0.1, 0.15) is 19.8 Å². The summed E-state index contributed by atoms with van der Waals surface area (Å²) in [6.07, 6.45) is 60.4. The largest absolute Gasteiger partial charge is 0.472 e. The molecule has 0 amide bonds. The lowest BCUT2D eigenvalue weighted by Crippen LogP contribution is -2.37. The van der Waals surface area contributed by atoms with Crippen molar-refractivity contribution in [2.24, 2.45) is 0 Å². The zero-order chi connectivity index (χ0) is 49.2. The quantitative estimate of drug-likeness (QED) is 0.0211. The second-order valence-corrected chi connectivity index (χ2v) is 21.4. The van der Waals surface area contributed by atoms with Crippen LogP contribution in [0.25, 0.3) is 0 Å². The summed E-state index contributed by atoms with van der Waals surface area (Å²) in [6, 6.07) is 0. The molecule has 9 nitrogen and oxygen atoms in total. The Morgan fingerprint density at radius 3 is 1.27 bits per heavy atom. The molecule has 0 rings (SSSR count). The van der Waals surface area contributed by atoms with Crippen LogP contribution in [0.15, 0.2) is 48.6 Å². The predicted molar refractivity (Wildman–Crippen MR) is 284 cm³/mol. The summed E-state index contributed by atoms with van der Waals surface area (Å²) < 4.78 is 34.5. The fraction of sp³-hybridized carbons (Fsp3) is 0.825. The summed E-state index contributed by atoms with van der Waals surface area (Å²) >= 11 is 0. The molecule has 2 atom stereocenters. The van der Waals surface area contributed by atoms with E-state index in [1.54, 1.807) is 0 Å². The molecule has 0 aromatic heterocycles. The third-order valence-electron chi connectivity index (χ3n) is 12.1. The average molecular weight is 965 g/mol. The number of rotatable bonds is 51. The van der Waals surface area contributed by atoms with Crippen molar-refractivity contribution < 1.29 is 42.1 Å². The molecule has 0 heterocycles. The summed E-state index contributed by atoms with van der Waals surface area (Å²) in [6.45, 7) is 4.32. The fourth-order valence-corrected chi connectivity index (χ4v) is 8.57. The van der Waals surface area contributed by atoms with Gasteiger partial charge in [0.25, 0.3) is 0 Å². The molecule has 0 fully saturated rings. The number of nitrogens with zero attached hydrogens (tertiary/aromatic N) is 1. The van der Waals surface area contributed by atoms with Crippen molar-refractivity contribution in [1.82, 2.24) is 0 Å². The highest BCUT2D eigenvalue weighted by molar-refractivity contribution is 7.47. The normalized spacial score (nSPS) is 13.7. The van der Waals surface area contributed by atoms with Gasteiger partial charge in [-0.2, -0.15) is 0 Å². The van der Waals surface area contributed by atoms with Gasteiger partial charge in [-0.15, -0.1) is 0 Å². The molecular formula is C57H107NO8P+. The van der Waals surface area contributed by atoms with Crippen LogP contribution in [0.1, 0.15) is 251 Å². The SMILES string of the molecule is CC/C=C\C/C=C\C/C=C\C/C=C\CCCCCCC(=O)OC(COC(=O)CCCCCCCCCCCCCCCCCCCCCCCCCCCC)COP(=O)(O)OCC[N+](C)(C)C. The average Bonchev–Trinajstić information content (AvgIpc) is 3.29. The molecule has 0 bridgehead atoms. The van der Waals surface area contributed by atoms with Gasteiger partial charge >= 0.3 is 19.8 Å². The van der Waals surface area contributed by atoms with Crippen LogP contribution in [0.5, 0.6) is 0 Å². The highest BCUT2D eigenvalue weighted by Gasteiger charge is 2.27. The van der Waals surface area contributed by atoms with Crippen LogP contribution in [-0.2, 0) is 32.7 Å². The van der Waals surface area contributed by atoms with Crippen LogP contribution in [0.2, 0.25) is 0 Å². The number of carbonyl (C=O) groups is 2. The maximum atomic E-state index is 12.8. The maximum absolute atomic E-state index is 12.8. The minimum absolute atomic E-state index is 0.0264. The van der Waals surface area contributed by atoms with E-state index in [1.807, 2.05) is 21.1 Å². The van der Waals surface area contributed by atoms with Gasteiger partial charge in [0.15, 0.2) is 6.10 Å². The molecule has 0 aromatic rings. The predicted octanol–water partition coefficient (Wildman–Crippen LogP) is 17.0. The van der Waals surface area contributed by atoms with Gasteiger partial charge in [0.2, 0.25) is 0 Å². The van der Waals surface area contributed by atoms with E-state index in [0.29, 0.717) is 17.4 Å². The first-order valence-electron chi connectivity index (χ1n) is 27.9. The lowest BCUT2D eigenvalue weighted by Gasteiger charge is -2.24. The monoisotopic (exact) mass is 965 g/mol. The molecular weight excluding hydrogens is 858 g/mol. The summed E-state index contributed by atoms with van der Waals surface area (Å²) in [7, 11) is 1.46. The minimum atomic E-state index is -4.39. The highest BCUT2D eigenvalue weighted by Crippen LogP contribution is 2.43. The second kappa shape index (κ2) is 49.0. The van der Waals surface area contributed by atoms with E-state index in [1.165, 1.54) is 148 Å². The number of likely N-dealkylation sites (N-methyl/N-ethyl adjacent to an activating group) is 1. The molecule has 1 N–H and O–H groups in total. The number of quaternary nitrogens is 1. The van der Waals surface area contributed by atoms with Crippen molar-refractivity contribution in [3.63, 3.8) is 0 Å². The topological polar surface area (TPSA) is 108 Å². The Bertz CT molecular complexity index is 1270. The standard InChI is InChI=1S/C57H106NO8P/c1-6-8-10-12-14-16-18-20-22-24-25-26-27-28-29-30-31-32-34-35-37-39-41-43-45-47-49-56(59)63-53-55(54-65-67(61,62)64-52-51-58(3,4)5)66-57(60)50-48-46-44-42-40-38-36-33-23-21-19-17-15-13-11-9-7-2/h9,11,15,17,21,23,36,38,55H,6-8,10,12-14,16,18-20,22,24-35,37,39-54H2,1-5H3/p+1/b11-9-,17-15-,23-21-,38-36-. The lowest BCUT2D eigenvalue weighted by atomic mass is 10.0. The molecule has 0 aliphatic heterocycles. The highest BCUT2D eigenvalue weighted by atomic mass is 31.2. The van der Waals surface area contributed by atoms with Crippen molar-refractivity contribution >= 4 is 19.8 Å². The Morgan fingerprint density at radius 1 is 0.478 bits per heavy atom. The van der Waals surface area contributed by atoms with Gasteiger partial charge < -0.3 is 18.9 Å². The van der Waals surface area contributed by atoms with Crippen LogP contribution in [0.4, 0.5) is 0 Å². The van der Waals surface area contributed by atoms with Crippen molar-refractivity contribution in [2.75, 3.05) is 47.5 Å². The fourth-order valence-electron chi connectivity index (χ4n) is 7.83. The molecule has 0 saturated carbocycles. The molecule has 0 aliphatic rings. The molecule has 392 valence electrons. The van der Waals surface area contributed by atoms with Crippen LogP contribution in [0, 0.1) is 0 Å². The number of unbranched alkanes of at least 4 members (excludes halogenated alkanes) is 29. The lowest BCUT2D eigenvalue weighted by molar-refractivity contribution is -0.870. The molecule has 2 unspecified atom stereocenters. The van der Waals surface area contributed by atoms with Crippen molar-refractivity contribution in [3.05, 3.63) is 48.6 Å². The van der Waals surface area contributed by atoms with Crippen LogP contribution < -0.4 is 0 Å². The summed E-state index contributed by atoms with van der Waals surface area (Å²) in [5, 5.41) is 0. The summed E-state index contributed by atoms with van der Waals surface area (Å²) in [4.78, 5) is 35.6. The van der Waals surface area contributed by atoms with E-state index >= 15 is 0 Å². The Morgan fingerprint density at radius 2 is 0.851 bits per heavy atom. The molecule has 0 aliphatic carbocycles. The van der Waals surface area contributed by atoms with Gasteiger partial charge in [-0.3, -0.25) is 18.6 Å². The van der Waals surface area contributed by atoms with E-state index in [0.717, 1.165) is 70.6 Å². The summed E-state index contributed by atoms with van der Waals surface area (Å²) in [5.41, 5.74) is 0. The first-order valence-corrected chi connectivity index (χ1v) is 29.4. The number of phosphoric ester groups is 1. The number of esters is 2. The third kappa shape index (κ3) is 53.2. The van der Waals surface area contributed by atoms with E-state index in [4.69, 9.17) is 18.5 Å². The number of ether oxygens (including phenoxy) is 2. The second-order valence-electron chi connectivity index (χ2n) is 19.9.